The lowest BCUT2D eigenvalue weighted by molar-refractivity contribution is 0.243. The van der Waals surface area contributed by atoms with Crippen molar-refractivity contribution in [2.45, 2.75) is 39.5 Å². The first kappa shape index (κ1) is 33.7. The molecule has 0 unspecified atom stereocenters. The van der Waals surface area contributed by atoms with Crippen LogP contribution in [0.4, 0.5) is 31.2 Å². The highest BCUT2D eigenvalue weighted by atomic mass is 32.1. The zero-order chi connectivity index (χ0) is 33.1. The van der Waals surface area contributed by atoms with E-state index in [0.717, 1.165) is 58.0 Å². The number of rotatable bonds is 11. The molecule has 0 bridgehead atoms. The van der Waals surface area contributed by atoms with Crippen molar-refractivity contribution in [3.05, 3.63) is 59.9 Å². The molecular formula is C30H38N12O2S2. The second kappa shape index (κ2) is 16.2. The van der Waals surface area contributed by atoms with Crippen LogP contribution in [0.2, 0.25) is 0 Å². The number of nitrogen functional groups attached to an aromatic ring is 2. The fourth-order valence-corrected chi connectivity index (χ4v) is 6.09. The minimum absolute atomic E-state index is 0.00984. The molecule has 0 atom stereocenters. The molecule has 12 N–H and O–H groups in total. The fourth-order valence-electron chi connectivity index (χ4n) is 4.41. The first-order chi connectivity index (χ1) is 22.1. The van der Waals surface area contributed by atoms with E-state index < -0.39 is 12.1 Å². The molecule has 2 aromatic carbocycles. The molecule has 4 rings (SSSR count). The number of benzene rings is 2. The monoisotopic (exact) mass is 662 g/mol. The number of hydrogen-bond acceptors (Lipinski definition) is 10. The molecule has 0 spiro atoms. The summed E-state index contributed by atoms with van der Waals surface area (Å²) in [5, 5.41) is 11.6. The van der Waals surface area contributed by atoms with Gasteiger partial charge in [-0.25, -0.2) is 29.5 Å². The second-order valence-electron chi connectivity index (χ2n) is 10.2. The summed E-state index contributed by atoms with van der Waals surface area (Å²) in [6.45, 7) is 4.77. The number of carbonyl (C=O) groups is 2. The molecule has 46 heavy (non-hydrogen) atoms. The largest absolute Gasteiger partial charge is 0.375 e. The maximum absolute atomic E-state index is 12.1. The van der Waals surface area contributed by atoms with Gasteiger partial charge in [0.1, 0.15) is 0 Å². The van der Waals surface area contributed by atoms with Crippen LogP contribution < -0.4 is 44.2 Å². The third kappa shape index (κ3) is 10.2. The molecule has 4 amide bonds. The van der Waals surface area contributed by atoms with Crippen LogP contribution in [-0.2, 0) is 0 Å². The number of aromatic nitrogens is 2. The zero-order valence-electron chi connectivity index (χ0n) is 25.6. The summed E-state index contributed by atoms with van der Waals surface area (Å²) in [5.41, 5.74) is 28.3. The number of thiazole rings is 2. The Labute approximate surface area is 274 Å². The van der Waals surface area contributed by atoms with E-state index >= 15 is 0 Å². The van der Waals surface area contributed by atoms with E-state index in [4.69, 9.17) is 22.9 Å². The van der Waals surface area contributed by atoms with Crippen molar-refractivity contribution in [3.63, 3.8) is 0 Å². The molecule has 2 aromatic heterocycles. The van der Waals surface area contributed by atoms with Crippen molar-refractivity contribution in [1.29, 1.82) is 0 Å². The highest BCUT2D eigenvalue weighted by Gasteiger charge is 2.10. The van der Waals surface area contributed by atoms with Crippen LogP contribution in [0, 0.1) is 13.8 Å². The van der Waals surface area contributed by atoms with Crippen LogP contribution in [0.25, 0.3) is 20.9 Å². The number of anilines is 2. The summed E-state index contributed by atoms with van der Waals surface area (Å²) in [6.07, 6.45) is 3.29. The average Bonchev–Trinajstić information content (AvgIpc) is 3.53. The van der Waals surface area contributed by atoms with E-state index in [1.54, 1.807) is 24.3 Å². The highest BCUT2D eigenvalue weighted by Crippen LogP contribution is 2.33. The molecule has 0 saturated heterocycles. The molecule has 0 radical (unpaired) electrons. The Kier molecular flexibility index (Phi) is 11.9. The summed E-state index contributed by atoms with van der Waals surface area (Å²) in [5.74, 6) is -0.0197. The van der Waals surface area contributed by atoms with E-state index in [1.165, 1.54) is 22.7 Å². The van der Waals surface area contributed by atoms with Gasteiger partial charge in [-0.2, -0.15) is 0 Å². The van der Waals surface area contributed by atoms with Crippen LogP contribution in [0.3, 0.4) is 0 Å². The summed E-state index contributed by atoms with van der Waals surface area (Å²) < 4.78 is 0. The van der Waals surface area contributed by atoms with Crippen LogP contribution in [0.15, 0.2) is 58.5 Å². The molecule has 0 saturated carbocycles. The normalized spacial score (nSPS) is 11.7. The Bertz CT molecular complexity index is 1570. The van der Waals surface area contributed by atoms with E-state index in [1.807, 2.05) is 38.1 Å². The second-order valence-corrected chi connectivity index (χ2v) is 12.3. The van der Waals surface area contributed by atoms with Gasteiger partial charge in [-0.1, -0.05) is 59.8 Å². The SMILES string of the molecule is Cc1nc(N)sc1-c1ccc(N=C(N)NC(=O)NCCCCCCNC(=O)NC(N)=Nc2ccc(-c3sc(N)nc3C)cc2)cc1. The number of guanidine groups is 2. The lowest BCUT2D eigenvalue weighted by atomic mass is 10.1. The van der Waals surface area contributed by atoms with Gasteiger partial charge < -0.3 is 33.6 Å². The standard InChI is InChI=1S/C30H38N12O2S2/c1-17-23(45-27(33)37-17)19-7-11-21(12-8-19)39-25(31)41-29(43)35-15-5-3-4-6-16-36-30(44)42-26(32)40-22-13-9-20(10-14-22)24-18(2)38-28(34)46-24/h7-14H,3-6,15-16H2,1-2H3,(H2,33,37)(H2,34,38)(H4,31,35,39,41,43)(H4,32,36,40,42,44). The number of nitrogens with two attached hydrogens (primary N) is 4. The Balaban J connectivity index is 1.06. The van der Waals surface area contributed by atoms with Gasteiger partial charge in [0.05, 0.1) is 32.5 Å². The first-order valence-electron chi connectivity index (χ1n) is 14.5. The summed E-state index contributed by atoms with van der Waals surface area (Å²) in [7, 11) is 0. The highest BCUT2D eigenvalue weighted by molar-refractivity contribution is 7.19. The smallest absolute Gasteiger partial charge is 0.321 e. The summed E-state index contributed by atoms with van der Waals surface area (Å²) >= 11 is 2.85. The number of unbranched alkanes of at least 4 members (excludes halogenated alkanes) is 3. The van der Waals surface area contributed by atoms with E-state index in [9.17, 15) is 9.59 Å². The summed E-state index contributed by atoms with van der Waals surface area (Å²) in [6, 6.07) is 14.0. The number of nitrogens with one attached hydrogen (secondary N) is 4. The molecule has 0 aliphatic heterocycles. The van der Waals surface area contributed by atoms with Crippen molar-refractivity contribution in [3.8, 4) is 20.9 Å². The van der Waals surface area contributed by atoms with Gasteiger partial charge in [0, 0.05) is 13.1 Å². The van der Waals surface area contributed by atoms with Gasteiger partial charge in [0.15, 0.2) is 10.3 Å². The predicted octanol–water partition coefficient (Wildman–Crippen LogP) is 4.47. The quantitative estimate of drug-likeness (QED) is 0.0646. The number of urea groups is 2. The van der Waals surface area contributed by atoms with E-state index in [2.05, 4.69) is 41.2 Å². The lowest BCUT2D eigenvalue weighted by Crippen LogP contribution is -2.43. The number of carbonyl (C=O) groups excluding carboxylic acids is 2. The van der Waals surface area contributed by atoms with Gasteiger partial charge in [-0.05, 0) is 62.1 Å². The number of amides is 4. The predicted molar refractivity (Wildman–Crippen MR) is 188 cm³/mol. The molecule has 0 aliphatic carbocycles. The van der Waals surface area contributed by atoms with Crippen molar-refractivity contribution in [2.24, 2.45) is 21.5 Å². The molecule has 242 valence electrons. The lowest BCUT2D eigenvalue weighted by Gasteiger charge is -2.08. The van der Waals surface area contributed by atoms with Gasteiger partial charge in [0.2, 0.25) is 11.9 Å². The molecule has 0 aliphatic rings. The average molecular weight is 663 g/mol. The van der Waals surface area contributed by atoms with Crippen molar-refractivity contribution >= 4 is 68.3 Å². The van der Waals surface area contributed by atoms with Gasteiger partial charge in [-0.15, -0.1) is 0 Å². The first-order valence-corrected chi connectivity index (χ1v) is 16.2. The van der Waals surface area contributed by atoms with Crippen LogP contribution >= 0.6 is 22.7 Å². The van der Waals surface area contributed by atoms with E-state index in [-0.39, 0.29) is 11.9 Å². The Morgan fingerprint density at radius 3 is 1.35 bits per heavy atom. The summed E-state index contributed by atoms with van der Waals surface area (Å²) in [4.78, 5) is 43.2. The van der Waals surface area contributed by atoms with Crippen molar-refractivity contribution < 1.29 is 9.59 Å². The molecular weight excluding hydrogens is 625 g/mol. The molecule has 4 aromatic rings. The number of nitrogens with zero attached hydrogens (tertiary/aromatic N) is 4. The third-order valence-corrected chi connectivity index (χ3v) is 8.61. The van der Waals surface area contributed by atoms with Crippen LogP contribution in [-0.4, -0.2) is 47.0 Å². The minimum atomic E-state index is -0.428. The third-order valence-electron chi connectivity index (χ3n) is 6.54. The maximum atomic E-state index is 12.1. The van der Waals surface area contributed by atoms with Gasteiger partial charge >= 0.3 is 12.1 Å². The van der Waals surface area contributed by atoms with Crippen molar-refractivity contribution in [1.82, 2.24) is 31.2 Å². The topological polar surface area (TPSA) is 237 Å². The van der Waals surface area contributed by atoms with Gasteiger partial charge in [0.25, 0.3) is 0 Å². The van der Waals surface area contributed by atoms with Gasteiger partial charge in [-0.3, -0.25) is 10.6 Å². The van der Waals surface area contributed by atoms with Crippen LogP contribution in [0.1, 0.15) is 37.1 Å². The van der Waals surface area contributed by atoms with E-state index in [0.29, 0.717) is 34.7 Å². The zero-order valence-corrected chi connectivity index (χ0v) is 27.2. The van der Waals surface area contributed by atoms with Crippen LogP contribution in [0.5, 0.6) is 0 Å². The molecule has 16 heteroatoms. The molecule has 2 heterocycles. The van der Waals surface area contributed by atoms with Crippen molar-refractivity contribution in [2.75, 3.05) is 24.6 Å². The molecule has 0 fully saturated rings. The number of hydrogen-bond donors (Lipinski definition) is 8. The Hall–Kier alpha value is -5.22. The Morgan fingerprint density at radius 1 is 0.652 bits per heavy atom. The maximum Gasteiger partial charge on any atom is 0.321 e. The number of aliphatic imine (C=N–C) groups is 2. The fraction of sp³-hybridized carbons (Fsp3) is 0.267. The number of aryl methyl sites for hydroxylation is 2. The molecule has 14 nitrogen and oxygen atoms in total. The minimum Gasteiger partial charge on any atom is -0.375 e. The Morgan fingerprint density at radius 2 is 1.02 bits per heavy atom.